The molecule has 0 saturated carbocycles. The van der Waals surface area contributed by atoms with Crippen LogP contribution >= 0.6 is 0 Å². The second-order valence-corrected chi connectivity index (χ2v) is 4.51. The van der Waals surface area contributed by atoms with Crippen LogP contribution in [0.3, 0.4) is 0 Å². The number of hydrogen-bond acceptors (Lipinski definition) is 3. The van der Waals surface area contributed by atoms with Crippen molar-refractivity contribution in [3.8, 4) is 0 Å². The van der Waals surface area contributed by atoms with E-state index in [1.54, 1.807) is 4.90 Å². The maximum atomic E-state index is 11.9. The third-order valence-electron chi connectivity index (χ3n) is 3.18. The molecule has 1 aliphatic heterocycles. The van der Waals surface area contributed by atoms with Crippen molar-refractivity contribution in [2.45, 2.75) is 25.5 Å². The molecule has 1 aromatic rings. The summed E-state index contributed by atoms with van der Waals surface area (Å²) >= 11 is 0. The van der Waals surface area contributed by atoms with Gasteiger partial charge in [-0.25, -0.2) is 4.79 Å². The summed E-state index contributed by atoms with van der Waals surface area (Å²) in [5.41, 5.74) is 0.788. The molecule has 1 heterocycles. The van der Waals surface area contributed by atoms with Gasteiger partial charge < -0.3 is 14.7 Å². The van der Waals surface area contributed by atoms with E-state index in [1.807, 2.05) is 37.3 Å². The van der Waals surface area contributed by atoms with E-state index in [2.05, 4.69) is 0 Å². The molecule has 19 heavy (non-hydrogen) atoms. The van der Waals surface area contributed by atoms with Crippen LogP contribution in [0.2, 0.25) is 0 Å². The molecule has 0 aliphatic carbocycles. The first-order valence-electron chi connectivity index (χ1n) is 6.34. The number of carbonyl (C=O) groups excluding carboxylic acids is 1. The lowest BCUT2D eigenvalue weighted by Crippen LogP contribution is -2.52. The van der Waals surface area contributed by atoms with Crippen LogP contribution < -0.4 is 0 Å². The Labute approximate surface area is 111 Å². The van der Waals surface area contributed by atoms with Crippen LogP contribution in [-0.4, -0.2) is 41.1 Å². The number of carbonyl (C=O) groups is 2. The standard InChI is InChI=1S/C14H17NO4/c1-2-8-15-11(16)9-19-13(14(17)18)12(15)10-6-4-3-5-7-10/h3-7,12-13H,2,8-9H2,1H3,(H,17,18). The van der Waals surface area contributed by atoms with Crippen LogP contribution in [0.4, 0.5) is 0 Å². The first-order valence-corrected chi connectivity index (χ1v) is 6.34. The van der Waals surface area contributed by atoms with E-state index in [9.17, 15) is 14.7 Å². The molecule has 1 saturated heterocycles. The maximum absolute atomic E-state index is 11.9. The SMILES string of the molecule is CCCN1C(=O)COC(C(=O)O)C1c1ccccc1. The summed E-state index contributed by atoms with van der Waals surface area (Å²) < 4.78 is 5.20. The van der Waals surface area contributed by atoms with Crippen LogP contribution in [0.15, 0.2) is 30.3 Å². The molecule has 0 spiro atoms. The van der Waals surface area contributed by atoms with E-state index in [-0.39, 0.29) is 12.5 Å². The highest BCUT2D eigenvalue weighted by molar-refractivity contribution is 5.83. The van der Waals surface area contributed by atoms with Gasteiger partial charge in [-0.2, -0.15) is 0 Å². The van der Waals surface area contributed by atoms with Crippen molar-refractivity contribution in [1.82, 2.24) is 4.90 Å². The molecule has 1 N–H and O–H groups in total. The van der Waals surface area contributed by atoms with Crippen molar-refractivity contribution in [3.63, 3.8) is 0 Å². The number of aliphatic carboxylic acids is 1. The van der Waals surface area contributed by atoms with Gasteiger partial charge in [0, 0.05) is 6.54 Å². The average molecular weight is 263 g/mol. The Morgan fingerprint density at radius 1 is 1.42 bits per heavy atom. The molecule has 1 fully saturated rings. The van der Waals surface area contributed by atoms with Gasteiger partial charge in [0.15, 0.2) is 6.10 Å². The fourth-order valence-electron chi connectivity index (χ4n) is 2.37. The highest BCUT2D eigenvalue weighted by Crippen LogP contribution is 2.30. The zero-order chi connectivity index (χ0) is 13.8. The van der Waals surface area contributed by atoms with Gasteiger partial charge >= 0.3 is 5.97 Å². The van der Waals surface area contributed by atoms with E-state index in [0.29, 0.717) is 6.54 Å². The number of morpholine rings is 1. The molecule has 0 bridgehead atoms. The molecule has 2 atom stereocenters. The minimum absolute atomic E-state index is 0.159. The van der Waals surface area contributed by atoms with Gasteiger partial charge in [-0.05, 0) is 12.0 Å². The van der Waals surface area contributed by atoms with E-state index in [1.165, 1.54) is 0 Å². The van der Waals surface area contributed by atoms with Crippen molar-refractivity contribution in [1.29, 1.82) is 0 Å². The van der Waals surface area contributed by atoms with Crippen LogP contribution in [0.1, 0.15) is 24.9 Å². The summed E-state index contributed by atoms with van der Waals surface area (Å²) in [6, 6.07) is 8.61. The van der Waals surface area contributed by atoms with Crippen molar-refractivity contribution < 1.29 is 19.4 Å². The molecule has 102 valence electrons. The Hall–Kier alpha value is -1.88. The van der Waals surface area contributed by atoms with Gasteiger partial charge in [-0.1, -0.05) is 37.3 Å². The zero-order valence-electron chi connectivity index (χ0n) is 10.8. The van der Waals surface area contributed by atoms with E-state index in [4.69, 9.17) is 4.74 Å². The predicted molar refractivity (Wildman–Crippen MR) is 68.6 cm³/mol. The highest BCUT2D eigenvalue weighted by Gasteiger charge is 2.41. The van der Waals surface area contributed by atoms with E-state index < -0.39 is 18.1 Å². The Bertz CT molecular complexity index is 460. The van der Waals surface area contributed by atoms with Crippen LogP contribution in [-0.2, 0) is 14.3 Å². The fraction of sp³-hybridized carbons (Fsp3) is 0.429. The van der Waals surface area contributed by atoms with Crippen molar-refractivity contribution in [2.24, 2.45) is 0 Å². The number of carboxylic acids is 1. The normalized spacial score (nSPS) is 23.4. The lowest BCUT2D eigenvalue weighted by molar-refractivity contribution is -0.173. The molecule has 0 aromatic heterocycles. The van der Waals surface area contributed by atoms with Gasteiger partial charge in [0.1, 0.15) is 6.61 Å². The van der Waals surface area contributed by atoms with Crippen molar-refractivity contribution in [3.05, 3.63) is 35.9 Å². The predicted octanol–water partition coefficient (Wildman–Crippen LogP) is 1.45. The third kappa shape index (κ3) is 2.76. The molecule has 2 rings (SSSR count). The lowest BCUT2D eigenvalue weighted by Gasteiger charge is -2.39. The molecule has 1 amide bonds. The Morgan fingerprint density at radius 3 is 2.68 bits per heavy atom. The van der Waals surface area contributed by atoms with Gasteiger partial charge in [-0.3, -0.25) is 4.79 Å². The number of nitrogens with zero attached hydrogens (tertiary/aromatic N) is 1. The average Bonchev–Trinajstić information content (AvgIpc) is 2.41. The summed E-state index contributed by atoms with van der Waals surface area (Å²) in [6.07, 6.45) is -0.229. The van der Waals surface area contributed by atoms with Crippen molar-refractivity contribution in [2.75, 3.05) is 13.2 Å². The third-order valence-corrected chi connectivity index (χ3v) is 3.18. The number of benzene rings is 1. The summed E-state index contributed by atoms with van der Waals surface area (Å²) in [6.45, 7) is 2.33. The van der Waals surface area contributed by atoms with E-state index in [0.717, 1.165) is 12.0 Å². The Kier molecular flexibility index (Phi) is 4.16. The van der Waals surface area contributed by atoms with E-state index >= 15 is 0 Å². The molecule has 2 unspecified atom stereocenters. The molecule has 1 aliphatic rings. The van der Waals surface area contributed by atoms with Crippen molar-refractivity contribution >= 4 is 11.9 Å². The largest absolute Gasteiger partial charge is 0.479 e. The molecule has 5 heteroatoms. The lowest BCUT2D eigenvalue weighted by atomic mass is 9.97. The fourth-order valence-corrected chi connectivity index (χ4v) is 2.37. The smallest absolute Gasteiger partial charge is 0.335 e. The molecule has 0 radical (unpaired) electrons. The second kappa shape index (κ2) is 5.84. The number of rotatable bonds is 4. The van der Waals surface area contributed by atoms with Crippen LogP contribution in [0.25, 0.3) is 0 Å². The number of carboxylic acid groups (broad SMARTS) is 1. The first-order chi connectivity index (χ1) is 9.15. The van der Waals surface area contributed by atoms with Crippen LogP contribution in [0.5, 0.6) is 0 Å². The first kappa shape index (κ1) is 13.5. The van der Waals surface area contributed by atoms with Gasteiger partial charge in [-0.15, -0.1) is 0 Å². The van der Waals surface area contributed by atoms with Gasteiger partial charge in [0.05, 0.1) is 6.04 Å². The minimum atomic E-state index is -1.04. The molecule has 1 aromatic carbocycles. The Morgan fingerprint density at radius 2 is 2.11 bits per heavy atom. The summed E-state index contributed by atoms with van der Waals surface area (Å²) in [5.74, 6) is -1.20. The second-order valence-electron chi connectivity index (χ2n) is 4.51. The van der Waals surface area contributed by atoms with Gasteiger partial charge in [0.2, 0.25) is 5.91 Å². The summed E-state index contributed by atoms with van der Waals surface area (Å²) in [7, 11) is 0. The maximum Gasteiger partial charge on any atom is 0.335 e. The number of ether oxygens (including phenoxy) is 1. The highest BCUT2D eigenvalue weighted by atomic mass is 16.5. The molecular formula is C14H17NO4. The van der Waals surface area contributed by atoms with Crippen LogP contribution in [0, 0.1) is 0 Å². The monoisotopic (exact) mass is 263 g/mol. The zero-order valence-corrected chi connectivity index (χ0v) is 10.8. The number of hydrogen-bond donors (Lipinski definition) is 1. The minimum Gasteiger partial charge on any atom is -0.479 e. The molecular weight excluding hydrogens is 246 g/mol. The Balaban J connectivity index is 2.38. The van der Waals surface area contributed by atoms with Gasteiger partial charge in [0.25, 0.3) is 0 Å². The summed E-state index contributed by atoms with van der Waals surface area (Å²) in [4.78, 5) is 24.9. The summed E-state index contributed by atoms with van der Waals surface area (Å²) in [5, 5.41) is 9.28. The topological polar surface area (TPSA) is 66.8 Å². The molecule has 5 nitrogen and oxygen atoms in total. The quantitative estimate of drug-likeness (QED) is 0.892. The number of amides is 1.